The number of nitrogens with zero attached hydrogens (tertiary/aromatic N) is 2. The summed E-state index contributed by atoms with van der Waals surface area (Å²) >= 11 is 0. The zero-order valence-electron chi connectivity index (χ0n) is 18.9. The summed E-state index contributed by atoms with van der Waals surface area (Å²) in [6.07, 6.45) is -3.13. The Balaban J connectivity index is 1.55. The number of pyridine rings is 1. The van der Waals surface area contributed by atoms with E-state index in [4.69, 9.17) is 4.74 Å². The van der Waals surface area contributed by atoms with Gasteiger partial charge in [0.2, 0.25) is 0 Å². The van der Waals surface area contributed by atoms with Gasteiger partial charge in [-0.2, -0.15) is 13.2 Å². The highest BCUT2D eigenvalue weighted by molar-refractivity contribution is 5.74. The Hall–Kier alpha value is -4.14. The number of carboxylic acid groups (broad SMARTS) is 1. The van der Waals surface area contributed by atoms with Crippen molar-refractivity contribution in [3.8, 4) is 39.7 Å². The van der Waals surface area contributed by atoms with Crippen LogP contribution in [0.4, 0.5) is 13.2 Å². The van der Waals surface area contributed by atoms with Crippen LogP contribution in [0.3, 0.4) is 0 Å². The van der Waals surface area contributed by atoms with Crippen molar-refractivity contribution in [1.82, 2.24) is 15.0 Å². The molecule has 0 atom stereocenters. The van der Waals surface area contributed by atoms with E-state index in [0.29, 0.717) is 22.6 Å². The Morgan fingerprint density at radius 3 is 2.17 bits per heavy atom. The molecule has 9 heteroatoms. The van der Waals surface area contributed by atoms with E-state index in [9.17, 15) is 23.1 Å². The number of aromatic nitrogens is 3. The Morgan fingerprint density at radius 2 is 1.60 bits per heavy atom. The molecule has 2 N–H and O–H groups in total. The largest absolute Gasteiger partial charge is 0.492 e. The van der Waals surface area contributed by atoms with Crippen molar-refractivity contribution in [2.75, 3.05) is 6.61 Å². The molecule has 35 heavy (non-hydrogen) atoms. The summed E-state index contributed by atoms with van der Waals surface area (Å²) in [5, 5.41) is 9.18. The Kier molecular flexibility index (Phi) is 6.34. The molecule has 0 fully saturated rings. The maximum absolute atomic E-state index is 13.6. The number of ether oxygens (including phenoxy) is 1. The van der Waals surface area contributed by atoms with Crippen molar-refractivity contribution in [2.45, 2.75) is 20.0 Å². The topological polar surface area (TPSA) is 88.1 Å². The highest BCUT2D eigenvalue weighted by Crippen LogP contribution is 2.37. The second-order valence-electron chi connectivity index (χ2n) is 8.61. The van der Waals surface area contributed by atoms with Crippen LogP contribution in [0.1, 0.15) is 19.5 Å². The average molecular weight is 481 g/mol. The van der Waals surface area contributed by atoms with Gasteiger partial charge in [-0.1, -0.05) is 30.3 Å². The normalized spacial score (nSPS) is 11.9. The lowest BCUT2D eigenvalue weighted by Crippen LogP contribution is -2.30. The number of imidazole rings is 1. The molecule has 0 spiro atoms. The number of hydrogen-bond donors (Lipinski definition) is 2. The zero-order chi connectivity index (χ0) is 25.2. The SMILES string of the molecule is CC(C)(COc1ccc(-c2ccc(-c3nc(-c4ccccc4)c(C(F)(F)F)[nH]3)cn2)cc1)C(=O)O. The van der Waals surface area contributed by atoms with Gasteiger partial charge in [-0.25, -0.2) is 4.98 Å². The van der Waals surface area contributed by atoms with Crippen LogP contribution in [0.15, 0.2) is 72.9 Å². The average Bonchev–Trinajstić information content (AvgIpc) is 3.30. The molecular formula is C26H22F3N3O3. The van der Waals surface area contributed by atoms with Gasteiger partial charge in [0.25, 0.3) is 0 Å². The Bertz CT molecular complexity index is 1310. The molecule has 4 aromatic rings. The van der Waals surface area contributed by atoms with E-state index >= 15 is 0 Å². The predicted octanol–water partition coefficient (Wildman–Crippen LogP) is 6.31. The van der Waals surface area contributed by atoms with Crippen molar-refractivity contribution in [2.24, 2.45) is 5.41 Å². The van der Waals surface area contributed by atoms with Crippen LogP contribution in [0, 0.1) is 5.41 Å². The number of hydrogen-bond acceptors (Lipinski definition) is 4. The lowest BCUT2D eigenvalue weighted by molar-refractivity contribution is -0.148. The molecule has 0 saturated heterocycles. The maximum atomic E-state index is 13.6. The number of alkyl halides is 3. The highest BCUT2D eigenvalue weighted by Gasteiger charge is 2.37. The van der Waals surface area contributed by atoms with E-state index in [1.165, 1.54) is 6.20 Å². The third kappa shape index (κ3) is 5.34. The van der Waals surface area contributed by atoms with Crippen LogP contribution >= 0.6 is 0 Å². The monoisotopic (exact) mass is 481 g/mol. The van der Waals surface area contributed by atoms with Crippen molar-refractivity contribution >= 4 is 5.97 Å². The first-order chi connectivity index (χ1) is 16.5. The Morgan fingerprint density at radius 1 is 0.943 bits per heavy atom. The quantitative estimate of drug-likeness (QED) is 0.323. The minimum atomic E-state index is -4.59. The van der Waals surface area contributed by atoms with Crippen molar-refractivity contribution in [3.63, 3.8) is 0 Å². The zero-order valence-corrected chi connectivity index (χ0v) is 18.9. The lowest BCUT2D eigenvalue weighted by Gasteiger charge is -2.19. The highest BCUT2D eigenvalue weighted by atomic mass is 19.4. The number of benzene rings is 2. The molecule has 2 aromatic carbocycles. The van der Waals surface area contributed by atoms with E-state index in [-0.39, 0.29) is 18.1 Å². The third-order valence-electron chi connectivity index (χ3n) is 5.40. The molecule has 0 unspecified atom stereocenters. The molecule has 0 radical (unpaired) electrons. The fourth-order valence-electron chi connectivity index (χ4n) is 3.27. The fraction of sp³-hybridized carbons (Fsp3) is 0.192. The number of nitrogens with one attached hydrogen (secondary N) is 1. The summed E-state index contributed by atoms with van der Waals surface area (Å²) in [7, 11) is 0. The van der Waals surface area contributed by atoms with Crippen molar-refractivity contribution in [1.29, 1.82) is 0 Å². The standard InChI is InChI=1S/C26H22F3N3O3/c1-25(2,24(33)34)15-35-19-11-8-16(9-12-19)20-13-10-18(14-30-20)23-31-21(17-6-4-3-5-7-17)22(32-23)26(27,28)29/h3-14H,15H2,1-2H3,(H,31,32)(H,33,34). The van der Waals surface area contributed by atoms with E-state index in [1.54, 1.807) is 80.6 Å². The molecule has 2 heterocycles. The minimum Gasteiger partial charge on any atom is -0.492 e. The molecule has 0 aliphatic carbocycles. The van der Waals surface area contributed by atoms with Crippen LogP contribution < -0.4 is 4.74 Å². The van der Waals surface area contributed by atoms with Gasteiger partial charge in [-0.15, -0.1) is 0 Å². The number of rotatable bonds is 7. The number of halogens is 3. The van der Waals surface area contributed by atoms with E-state index in [1.807, 2.05) is 0 Å². The summed E-state index contributed by atoms with van der Waals surface area (Å²) < 4.78 is 46.4. The summed E-state index contributed by atoms with van der Waals surface area (Å²) in [6, 6.07) is 18.5. The second kappa shape index (κ2) is 9.25. The number of H-pyrrole nitrogens is 1. The first-order valence-corrected chi connectivity index (χ1v) is 10.7. The van der Waals surface area contributed by atoms with Gasteiger partial charge in [0.1, 0.15) is 29.6 Å². The van der Waals surface area contributed by atoms with E-state index < -0.39 is 23.3 Å². The summed E-state index contributed by atoms with van der Waals surface area (Å²) in [5.74, 6) is -0.364. The first-order valence-electron chi connectivity index (χ1n) is 10.7. The van der Waals surface area contributed by atoms with Crippen LogP contribution in [-0.2, 0) is 11.0 Å². The summed E-state index contributed by atoms with van der Waals surface area (Å²) in [5.41, 5.74) is 0.0502. The molecule has 6 nitrogen and oxygen atoms in total. The first kappa shape index (κ1) is 24.0. The minimum absolute atomic E-state index is 0.0165. The number of carboxylic acids is 1. The molecule has 0 amide bonds. The number of carbonyl (C=O) groups is 1. The number of aliphatic carboxylic acids is 1. The smallest absolute Gasteiger partial charge is 0.433 e. The predicted molar refractivity (Wildman–Crippen MR) is 125 cm³/mol. The summed E-state index contributed by atoms with van der Waals surface area (Å²) in [4.78, 5) is 22.2. The van der Waals surface area contributed by atoms with E-state index in [2.05, 4.69) is 15.0 Å². The van der Waals surface area contributed by atoms with Crippen molar-refractivity contribution < 1.29 is 27.8 Å². The van der Waals surface area contributed by atoms with Crippen LogP contribution in [-0.4, -0.2) is 32.6 Å². The molecule has 2 aromatic heterocycles. The molecule has 0 aliphatic heterocycles. The summed E-state index contributed by atoms with van der Waals surface area (Å²) in [6.45, 7) is 3.17. The van der Waals surface area contributed by atoms with Gasteiger partial charge >= 0.3 is 12.1 Å². The van der Waals surface area contributed by atoms with Gasteiger partial charge in [0.05, 0.1) is 11.1 Å². The molecule has 4 rings (SSSR count). The third-order valence-corrected chi connectivity index (χ3v) is 5.40. The van der Waals surface area contributed by atoms with Gasteiger partial charge < -0.3 is 14.8 Å². The maximum Gasteiger partial charge on any atom is 0.433 e. The van der Waals surface area contributed by atoms with E-state index in [0.717, 1.165) is 5.56 Å². The molecule has 180 valence electrons. The molecule has 0 saturated carbocycles. The van der Waals surface area contributed by atoms with Gasteiger partial charge in [0, 0.05) is 22.9 Å². The second-order valence-corrected chi connectivity index (χ2v) is 8.61. The van der Waals surface area contributed by atoms with Crippen molar-refractivity contribution in [3.05, 3.63) is 78.6 Å². The number of aromatic amines is 1. The molecule has 0 aliphatic rings. The van der Waals surface area contributed by atoms with Crippen LogP contribution in [0.25, 0.3) is 33.9 Å². The van der Waals surface area contributed by atoms with Crippen LogP contribution in [0.2, 0.25) is 0 Å². The van der Waals surface area contributed by atoms with Gasteiger partial charge in [-0.3, -0.25) is 9.78 Å². The molecular weight excluding hydrogens is 459 g/mol. The van der Waals surface area contributed by atoms with Gasteiger partial charge in [0.15, 0.2) is 0 Å². The fourth-order valence-corrected chi connectivity index (χ4v) is 3.27. The lowest BCUT2D eigenvalue weighted by atomic mass is 9.95. The van der Waals surface area contributed by atoms with Gasteiger partial charge in [-0.05, 0) is 50.2 Å². The van der Waals surface area contributed by atoms with Crippen LogP contribution in [0.5, 0.6) is 5.75 Å². The molecule has 0 bridgehead atoms. The Labute approximate surface area is 199 Å².